The zero-order chi connectivity index (χ0) is 15.7. The van der Waals surface area contributed by atoms with Gasteiger partial charge in [-0.15, -0.1) is 0 Å². The second-order valence-electron chi connectivity index (χ2n) is 5.38. The standard InChI is InChI=1S/C17H29FN2O/c1-5-14(3)20(11-12-21-4)13-17(19-6-2)15-9-7-8-10-16(15)18/h7-10,14,17,19H,5-6,11-13H2,1-4H3. The van der Waals surface area contributed by atoms with E-state index in [1.165, 1.54) is 6.07 Å². The highest BCUT2D eigenvalue weighted by atomic mass is 19.1. The van der Waals surface area contributed by atoms with Gasteiger partial charge < -0.3 is 10.1 Å². The number of likely N-dealkylation sites (N-methyl/N-ethyl adjacent to an activating group) is 1. The SMILES string of the molecule is CCNC(CN(CCOC)C(C)CC)c1ccccc1F. The summed E-state index contributed by atoms with van der Waals surface area (Å²) >= 11 is 0. The lowest BCUT2D eigenvalue weighted by molar-refractivity contribution is 0.114. The Kier molecular flexibility index (Phi) is 8.50. The molecule has 0 saturated heterocycles. The first-order valence-electron chi connectivity index (χ1n) is 7.84. The van der Waals surface area contributed by atoms with Crippen molar-refractivity contribution in [2.24, 2.45) is 0 Å². The van der Waals surface area contributed by atoms with Crippen molar-refractivity contribution < 1.29 is 9.13 Å². The van der Waals surface area contributed by atoms with Gasteiger partial charge in [-0.05, 0) is 26.0 Å². The summed E-state index contributed by atoms with van der Waals surface area (Å²) in [5.74, 6) is -0.140. The number of hydrogen-bond acceptors (Lipinski definition) is 3. The molecule has 0 aromatic heterocycles. The molecule has 2 unspecified atom stereocenters. The minimum Gasteiger partial charge on any atom is -0.383 e. The van der Waals surface area contributed by atoms with Crippen LogP contribution >= 0.6 is 0 Å². The Balaban J connectivity index is 2.85. The van der Waals surface area contributed by atoms with Crippen LogP contribution in [0.4, 0.5) is 4.39 Å². The van der Waals surface area contributed by atoms with Crippen LogP contribution in [0.5, 0.6) is 0 Å². The molecule has 0 saturated carbocycles. The molecule has 1 rings (SSSR count). The van der Waals surface area contributed by atoms with E-state index in [1.54, 1.807) is 13.2 Å². The number of benzene rings is 1. The number of nitrogens with zero attached hydrogens (tertiary/aromatic N) is 1. The first kappa shape index (κ1) is 18.1. The topological polar surface area (TPSA) is 24.5 Å². The number of halogens is 1. The molecule has 1 aromatic carbocycles. The number of rotatable bonds is 10. The predicted octanol–water partition coefficient (Wildman–Crippen LogP) is 3.22. The average molecular weight is 296 g/mol. The highest BCUT2D eigenvalue weighted by Gasteiger charge is 2.20. The predicted molar refractivity (Wildman–Crippen MR) is 86.0 cm³/mol. The van der Waals surface area contributed by atoms with Crippen LogP contribution in [-0.4, -0.2) is 44.3 Å². The summed E-state index contributed by atoms with van der Waals surface area (Å²) in [6, 6.07) is 7.48. The zero-order valence-corrected chi connectivity index (χ0v) is 13.7. The Morgan fingerprint density at radius 2 is 2.00 bits per heavy atom. The molecule has 0 spiro atoms. The normalized spacial score (nSPS) is 14.4. The summed E-state index contributed by atoms with van der Waals surface area (Å²) < 4.78 is 19.3. The minimum absolute atomic E-state index is 0.00190. The molecular formula is C17H29FN2O. The number of nitrogens with one attached hydrogen (secondary N) is 1. The summed E-state index contributed by atoms with van der Waals surface area (Å²) in [7, 11) is 1.72. The van der Waals surface area contributed by atoms with Gasteiger partial charge in [-0.25, -0.2) is 4.39 Å². The van der Waals surface area contributed by atoms with Crippen molar-refractivity contribution in [1.82, 2.24) is 10.2 Å². The molecule has 0 amide bonds. The second kappa shape index (κ2) is 9.87. The van der Waals surface area contributed by atoms with Crippen LogP contribution in [0, 0.1) is 5.82 Å². The molecule has 1 N–H and O–H groups in total. The van der Waals surface area contributed by atoms with Gasteiger partial charge in [-0.3, -0.25) is 4.90 Å². The van der Waals surface area contributed by atoms with E-state index in [-0.39, 0.29) is 11.9 Å². The van der Waals surface area contributed by atoms with Crippen LogP contribution in [0.3, 0.4) is 0 Å². The fraction of sp³-hybridized carbons (Fsp3) is 0.647. The van der Waals surface area contributed by atoms with Crippen LogP contribution in [0.25, 0.3) is 0 Å². The van der Waals surface area contributed by atoms with Crippen LogP contribution in [0.15, 0.2) is 24.3 Å². The molecule has 0 heterocycles. The first-order valence-corrected chi connectivity index (χ1v) is 7.84. The Bertz CT molecular complexity index is 400. The van der Waals surface area contributed by atoms with E-state index in [0.29, 0.717) is 12.6 Å². The van der Waals surface area contributed by atoms with Gasteiger partial charge in [0.1, 0.15) is 5.82 Å². The van der Waals surface area contributed by atoms with Crippen molar-refractivity contribution >= 4 is 0 Å². The molecule has 0 radical (unpaired) electrons. The first-order chi connectivity index (χ1) is 10.1. The zero-order valence-electron chi connectivity index (χ0n) is 13.7. The smallest absolute Gasteiger partial charge is 0.128 e. The Hall–Kier alpha value is -0.970. The molecule has 0 aliphatic heterocycles. The van der Waals surface area contributed by atoms with E-state index in [4.69, 9.17) is 4.74 Å². The monoisotopic (exact) mass is 296 g/mol. The minimum atomic E-state index is -0.140. The van der Waals surface area contributed by atoms with Gasteiger partial charge in [-0.2, -0.15) is 0 Å². The molecule has 0 bridgehead atoms. The highest BCUT2D eigenvalue weighted by molar-refractivity contribution is 5.21. The summed E-state index contributed by atoms with van der Waals surface area (Å²) in [6.07, 6.45) is 1.07. The lowest BCUT2D eigenvalue weighted by atomic mass is 10.0. The van der Waals surface area contributed by atoms with Crippen molar-refractivity contribution in [2.45, 2.75) is 39.3 Å². The van der Waals surface area contributed by atoms with Gasteiger partial charge in [0.25, 0.3) is 0 Å². The third kappa shape index (κ3) is 5.73. The number of ether oxygens (including phenoxy) is 1. The molecule has 120 valence electrons. The van der Waals surface area contributed by atoms with E-state index in [2.05, 4.69) is 31.0 Å². The van der Waals surface area contributed by atoms with Crippen LogP contribution < -0.4 is 5.32 Å². The van der Waals surface area contributed by atoms with Gasteiger partial charge in [0.05, 0.1) is 6.61 Å². The largest absolute Gasteiger partial charge is 0.383 e. The third-order valence-electron chi connectivity index (χ3n) is 3.95. The van der Waals surface area contributed by atoms with Crippen molar-refractivity contribution in [3.63, 3.8) is 0 Å². The van der Waals surface area contributed by atoms with Crippen LogP contribution in [-0.2, 0) is 4.74 Å². The van der Waals surface area contributed by atoms with Gasteiger partial charge in [0.15, 0.2) is 0 Å². The maximum Gasteiger partial charge on any atom is 0.128 e. The van der Waals surface area contributed by atoms with E-state index in [1.807, 2.05) is 12.1 Å². The lowest BCUT2D eigenvalue weighted by Crippen LogP contribution is -2.42. The molecule has 21 heavy (non-hydrogen) atoms. The number of methoxy groups -OCH3 is 1. The van der Waals surface area contributed by atoms with Crippen LogP contribution in [0.2, 0.25) is 0 Å². The second-order valence-corrected chi connectivity index (χ2v) is 5.38. The maximum atomic E-state index is 14.1. The van der Waals surface area contributed by atoms with Gasteiger partial charge in [0, 0.05) is 37.8 Å². The van der Waals surface area contributed by atoms with Gasteiger partial charge >= 0.3 is 0 Å². The molecule has 0 aliphatic carbocycles. The van der Waals surface area contributed by atoms with Crippen LogP contribution in [0.1, 0.15) is 38.8 Å². The third-order valence-corrected chi connectivity index (χ3v) is 3.95. The molecule has 1 aromatic rings. The summed E-state index contributed by atoms with van der Waals surface area (Å²) in [5, 5.41) is 3.40. The summed E-state index contributed by atoms with van der Waals surface area (Å²) in [5.41, 5.74) is 0.741. The summed E-state index contributed by atoms with van der Waals surface area (Å²) in [6.45, 7) is 9.60. The molecule has 0 fully saturated rings. The fourth-order valence-corrected chi connectivity index (χ4v) is 2.47. The summed E-state index contributed by atoms with van der Waals surface area (Å²) in [4.78, 5) is 2.36. The van der Waals surface area contributed by atoms with Crippen molar-refractivity contribution in [2.75, 3.05) is 33.4 Å². The lowest BCUT2D eigenvalue weighted by Gasteiger charge is -2.32. The van der Waals surface area contributed by atoms with E-state index in [9.17, 15) is 4.39 Å². The molecule has 4 heteroatoms. The molecule has 3 nitrogen and oxygen atoms in total. The Morgan fingerprint density at radius 3 is 2.57 bits per heavy atom. The van der Waals surface area contributed by atoms with Crippen molar-refractivity contribution in [1.29, 1.82) is 0 Å². The number of hydrogen-bond donors (Lipinski definition) is 1. The van der Waals surface area contributed by atoms with E-state index < -0.39 is 0 Å². The van der Waals surface area contributed by atoms with E-state index in [0.717, 1.165) is 31.6 Å². The van der Waals surface area contributed by atoms with Gasteiger partial charge in [0.2, 0.25) is 0 Å². The quantitative estimate of drug-likeness (QED) is 0.717. The molecular weight excluding hydrogens is 267 g/mol. The molecule has 2 atom stereocenters. The molecule has 0 aliphatic rings. The fourth-order valence-electron chi connectivity index (χ4n) is 2.47. The Labute approximate surface area is 128 Å². The Morgan fingerprint density at radius 1 is 1.29 bits per heavy atom. The maximum absolute atomic E-state index is 14.1. The highest BCUT2D eigenvalue weighted by Crippen LogP contribution is 2.19. The average Bonchev–Trinajstić information content (AvgIpc) is 2.50. The van der Waals surface area contributed by atoms with Crippen molar-refractivity contribution in [3.05, 3.63) is 35.6 Å². The van der Waals surface area contributed by atoms with Gasteiger partial charge in [-0.1, -0.05) is 32.0 Å². The van der Waals surface area contributed by atoms with Crippen molar-refractivity contribution in [3.8, 4) is 0 Å². The van der Waals surface area contributed by atoms with E-state index >= 15 is 0 Å².